The average molecular weight is 265 g/mol. The Morgan fingerprint density at radius 1 is 1.25 bits per heavy atom. The number of imidazole rings is 1. The topological polar surface area (TPSA) is 41.6 Å². The standard InChI is InChI=1S/C16H12FN3/c1-10-8-12(17)6-7-13(10)16-19-15-11(9-18)4-3-5-14(15)20(16)2/h3-8H,1-2H3. The van der Waals surface area contributed by atoms with E-state index in [1.54, 1.807) is 12.1 Å². The molecular weight excluding hydrogens is 253 g/mol. The Morgan fingerprint density at radius 3 is 2.75 bits per heavy atom. The van der Waals surface area contributed by atoms with Crippen LogP contribution in [0.15, 0.2) is 36.4 Å². The Balaban J connectivity index is 2.33. The van der Waals surface area contributed by atoms with E-state index < -0.39 is 0 Å². The van der Waals surface area contributed by atoms with E-state index in [9.17, 15) is 4.39 Å². The highest BCUT2D eigenvalue weighted by molar-refractivity contribution is 5.85. The summed E-state index contributed by atoms with van der Waals surface area (Å²) in [7, 11) is 1.90. The normalized spacial score (nSPS) is 10.7. The van der Waals surface area contributed by atoms with Crippen LogP contribution in [0.25, 0.3) is 22.4 Å². The fourth-order valence-electron chi connectivity index (χ4n) is 2.42. The molecule has 3 rings (SSSR count). The Morgan fingerprint density at radius 2 is 2.05 bits per heavy atom. The second kappa shape index (κ2) is 4.46. The lowest BCUT2D eigenvalue weighted by atomic mass is 10.1. The molecule has 3 nitrogen and oxygen atoms in total. The van der Waals surface area contributed by atoms with E-state index >= 15 is 0 Å². The molecular formula is C16H12FN3. The number of benzene rings is 2. The van der Waals surface area contributed by atoms with Gasteiger partial charge in [0.25, 0.3) is 0 Å². The molecule has 2 aromatic carbocycles. The summed E-state index contributed by atoms with van der Waals surface area (Å²) in [5, 5.41) is 9.15. The van der Waals surface area contributed by atoms with Crippen molar-refractivity contribution in [2.75, 3.05) is 0 Å². The number of nitrogens with zero attached hydrogens (tertiary/aromatic N) is 3. The lowest BCUT2D eigenvalue weighted by Crippen LogP contribution is -1.94. The molecule has 20 heavy (non-hydrogen) atoms. The van der Waals surface area contributed by atoms with Crippen LogP contribution >= 0.6 is 0 Å². The van der Waals surface area contributed by atoms with Crippen molar-refractivity contribution in [3.8, 4) is 17.5 Å². The third kappa shape index (κ3) is 1.76. The summed E-state index contributed by atoms with van der Waals surface area (Å²) in [6, 6.07) is 12.3. The van der Waals surface area contributed by atoms with Gasteiger partial charge >= 0.3 is 0 Å². The lowest BCUT2D eigenvalue weighted by Gasteiger charge is -2.06. The second-order valence-electron chi connectivity index (χ2n) is 4.74. The SMILES string of the molecule is Cc1cc(F)ccc1-c1nc2c(C#N)cccc2n1C. The highest BCUT2D eigenvalue weighted by atomic mass is 19.1. The molecule has 0 aliphatic carbocycles. The van der Waals surface area contributed by atoms with E-state index in [0.29, 0.717) is 11.1 Å². The van der Waals surface area contributed by atoms with Gasteiger partial charge in [-0.05, 0) is 42.8 Å². The van der Waals surface area contributed by atoms with Crippen LogP contribution in [0.4, 0.5) is 4.39 Å². The van der Waals surface area contributed by atoms with Gasteiger partial charge in [-0.2, -0.15) is 5.26 Å². The molecule has 1 aromatic heterocycles. The number of para-hydroxylation sites is 1. The molecule has 0 saturated carbocycles. The largest absolute Gasteiger partial charge is 0.327 e. The molecule has 1 heterocycles. The number of nitriles is 1. The highest BCUT2D eigenvalue weighted by Gasteiger charge is 2.14. The summed E-state index contributed by atoms with van der Waals surface area (Å²) in [5.74, 6) is 0.475. The van der Waals surface area contributed by atoms with Gasteiger partial charge in [-0.25, -0.2) is 9.37 Å². The summed E-state index contributed by atoms with van der Waals surface area (Å²) in [6.45, 7) is 1.85. The van der Waals surface area contributed by atoms with Crippen LogP contribution in [0.2, 0.25) is 0 Å². The summed E-state index contributed by atoms with van der Waals surface area (Å²) in [4.78, 5) is 4.56. The van der Waals surface area contributed by atoms with Gasteiger partial charge < -0.3 is 4.57 Å². The van der Waals surface area contributed by atoms with Gasteiger partial charge in [0.15, 0.2) is 0 Å². The summed E-state index contributed by atoms with van der Waals surface area (Å²) in [5.41, 5.74) is 3.80. The molecule has 0 aliphatic rings. The predicted octanol–water partition coefficient (Wildman–Crippen LogP) is 3.56. The van der Waals surface area contributed by atoms with Crippen molar-refractivity contribution in [1.82, 2.24) is 9.55 Å². The number of aryl methyl sites for hydroxylation is 2. The number of rotatable bonds is 1. The number of hydrogen-bond acceptors (Lipinski definition) is 2. The number of halogens is 1. The first-order chi connectivity index (χ1) is 9.61. The third-order valence-electron chi connectivity index (χ3n) is 3.46. The Bertz CT molecular complexity index is 856. The third-order valence-corrected chi connectivity index (χ3v) is 3.46. The van der Waals surface area contributed by atoms with Crippen LogP contribution in [0.5, 0.6) is 0 Å². The van der Waals surface area contributed by atoms with Gasteiger partial charge in [-0.15, -0.1) is 0 Å². The molecule has 0 amide bonds. The lowest BCUT2D eigenvalue weighted by molar-refractivity contribution is 0.627. The summed E-state index contributed by atoms with van der Waals surface area (Å²) in [6.07, 6.45) is 0. The molecule has 0 atom stereocenters. The second-order valence-corrected chi connectivity index (χ2v) is 4.74. The molecule has 0 N–H and O–H groups in total. The van der Waals surface area contributed by atoms with E-state index in [-0.39, 0.29) is 5.82 Å². The molecule has 0 unspecified atom stereocenters. The first-order valence-corrected chi connectivity index (χ1v) is 6.24. The molecule has 0 fully saturated rings. The molecule has 0 aliphatic heterocycles. The molecule has 0 spiro atoms. The minimum Gasteiger partial charge on any atom is -0.327 e. The van der Waals surface area contributed by atoms with Crippen LogP contribution < -0.4 is 0 Å². The van der Waals surface area contributed by atoms with E-state index in [4.69, 9.17) is 5.26 Å². The predicted molar refractivity (Wildman–Crippen MR) is 75.6 cm³/mol. The van der Waals surface area contributed by atoms with E-state index in [2.05, 4.69) is 11.1 Å². The Labute approximate surface area is 115 Å². The van der Waals surface area contributed by atoms with Crippen LogP contribution in [0.3, 0.4) is 0 Å². The van der Waals surface area contributed by atoms with E-state index in [1.807, 2.05) is 30.7 Å². The summed E-state index contributed by atoms with van der Waals surface area (Å²) < 4.78 is 15.1. The minimum atomic E-state index is -0.261. The Kier molecular flexibility index (Phi) is 2.76. The van der Waals surface area contributed by atoms with Crippen molar-refractivity contribution < 1.29 is 4.39 Å². The fourth-order valence-corrected chi connectivity index (χ4v) is 2.42. The maximum Gasteiger partial charge on any atom is 0.141 e. The summed E-state index contributed by atoms with van der Waals surface area (Å²) >= 11 is 0. The smallest absolute Gasteiger partial charge is 0.141 e. The molecule has 0 bridgehead atoms. The zero-order valence-electron chi connectivity index (χ0n) is 11.2. The zero-order valence-corrected chi connectivity index (χ0v) is 11.2. The van der Waals surface area contributed by atoms with Crippen LogP contribution in [-0.2, 0) is 7.05 Å². The number of hydrogen-bond donors (Lipinski definition) is 0. The maximum absolute atomic E-state index is 13.2. The monoisotopic (exact) mass is 265 g/mol. The first kappa shape index (κ1) is 12.4. The zero-order chi connectivity index (χ0) is 14.3. The average Bonchev–Trinajstić information content (AvgIpc) is 2.76. The van der Waals surface area contributed by atoms with Crippen LogP contribution in [0, 0.1) is 24.1 Å². The molecule has 98 valence electrons. The van der Waals surface area contributed by atoms with Crippen molar-refractivity contribution in [3.05, 3.63) is 53.3 Å². The molecule has 0 radical (unpaired) electrons. The van der Waals surface area contributed by atoms with Gasteiger partial charge in [0, 0.05) is 12.6 Å². The maximum atomic E-state index is 13.2. The van der Waals surface area contributed by atoms with Crippen LogP contribution in [0.1, 0.15) is 11.1 Å². The molecule has 4 heteroatoms. The van der Waals surface area contributed by atoms with Crippen molar-refractivity contribution in [1.29, 1.82) is 5.26 Å². The Hall–Kier alpha value is -2.67. The van der Waals surface area contributed by atoms with Crippen molar-refractivity contribution >= 4 is 11.0 Å². The van der Waals surface area contributed by atoms with Gasteiger partial charge in [-0.3, -0.25) is 0 Å². The van der Waals surface area contributed by atoms with Gasteiger partial charge in [-0.1, -0.05) is 6.07 Å². The molecule has 0 saturated heterocycles. The van der Waals surface area contributed by atoms with Crippen molar-refractivity contribution in [3.63, 3.8) is 0 Å². The van der Waals surface area contributed by atoms with Gasteiger partial charge in [0.1, 0.15) is 23.2 Å². The quantitative estimate of drug-likeness (QED) is 0.675. The molecule has 3 aromatic rings. The van der Waals surface area contributed by atoms with Crippen molar-refractivity contribution in [2.45, 2.75) is 6.92 Å². The number of aromatic nitrogens is 2. The van der Waals surface area contributed by atoms with Gasteiger partial charge in [0.2, 0.25) is 0 Å². The fraction of sp³-hybridized carbons (Fsp3) is 0.125. The minimum absolute atomic E-state index is 0.261. The van der Waals surface area contributed by atoms with Crippen LogP contribution in [-0.4, -0.2) is 9.55 Å². The highest BCUT2D eigenvalue weighted by Crippen LogP contribution is 2.28. The van der Waals surface area contributed by atoms with Gasteiger partial charge in [0.05, 0.1) is 11.1 Å². The van der Waals surface area contributed by atoms with E-state index in [1.165, 1.54) is 12.1 Å². The van der Waals surface area contributed by atoms with Crippen molar-refractivity contribution in [2.24, 2.45) is 7.05 Å². The van der Waals surface area contributed by atoms with E-state index in [0.717, 1.165) is 22.5 Å². The first-order valence-electron chi connectivity index (χ1n) is 6.24. The number of fused-ring (bicyclic) bond motifs is 1.